The van der Waals surface area contributed by atoms with Crippen LogP contribution in [0, 0.1) is 5.92 Å². The average Bonchev–Trinajstić information content (AvgIpc) is 2.48. The maximum absolute atomic E-state index is 10.2. The SMILES string of the molecule is O=P(O)(O)ONNCC1CCCC1. The van der Waals surface area contributed by atoms with Crippen molar-refractivity contribution in [3.8, 4) is 0 Å². The van der Waals surface area contributed by atoms with Gasteiger partial charge in [-0.25, -0.2) is 9.99 Å². The number of phosphoric acid groups is 1. The van der Waals surface area contributed by atoms with Crippen LogP contribution in [0.15, 0.2) is 0 Å². The second kappa shape index (κ2) is 5.05. The molecule has 13 heavy (non-hydrogen) atoms. The number of nitrogens with one attached hydrogen (secondary N) is 2. The van der Waals surface area contributed by atoms with Gasteiger partial charge in [0.1, 0.15) is 0 Å². The minimum Gasteiger partial charge on any atom is -0.302 e. The molecule has 0 aromatic carbocycles. The molecule has 0 aromatic rings. The van der Waals surface area contributed by atoms with E-state index in [4.69, 9.17) is 9.79 Å². The van der Waals surface area contributed by atoms with Gasteiger partial charge in [-0.2, -0.15) is 4.62 Å². The van der Waals surface area contributed by atoms with Crippen LogP contribution in [0.3, 0.4) is 0 Å². The van der Waals surface area contributed by atoms with Crippen molar-refractivity contribution in [2.75, 3.05) is 6.54 Å². The van der Waals surface area contributed by atoms with E-state index in [2.05, 4.69) is 10.1 Å². The van der Waals surface area contributed by atoms with E-state index in [1.54, 1.807) is 0 Å². The van der Waals surface area contributed by atoms with E-state index in [1.165, 1.54) is 25.7 Å². The lowest BCUT2D eigenvalue weighted by Crippen LogP contribution is -2.34. The number of hydrogen-bond donors (Lipinski definition) is 4. The van der Waals surface area contributed by atoms with Gasteiger partial charge in [0.2, 0.25) is 0 Å². The second-order valence-electron chi connectivity index (χ2n) is 3.22. The molecule has 1 saturated carbocycles. The fraction of sp³-hybridized carbons (Fsp3) is 1.00. The number of rotatable bonds is 5. The quantitative estimate of drug-likeness (QED) is 0.296. The van der Waals surface area contributed by atoms with Crippen LogP contribution >= 0.6 is 7.82 Å². The van der Waals surface area contributed by atoms with Crippen LogP contribution in [0.5, 0.6) is 0 Å². The first kappa shape index (κ1) is 11.1. The molecule has 1 fully saturated rings. The fourth-order valence-corrected chi connectivity index (χ4v) is 1.68. The first-order valence-electron chi connectivity index (χ1n) is 4.30. The van der Waals surface area contributed by atoms with Gasteiger partial charge in [0.05, 0.1) is 0 Å². The van der Waals surface area contributed by atoms with E-state index < -0.39 is 7.82 Å². The van der Waals surface area contributed by atoms with E-state index in [0.717, 1.165) is 0 Å². The molecule has 1 aliphatic carbocycles. The Labute approximate surface area is 76.8 Å². The summed E-state index contributed by atoms with van der Waals surface area (Å²) in [4.78, 5) is 16.6. The van der Waals surface area contributed by atoms with Gasteiger partial charge >= 0.3 is 7.82 Å². The highest BCUT2D eigenvalue weighted by Gasteiger charge is 2.16. The Morgan fingerprint density at radius 3 is 2.54 bits per heavy atom. The van der Waals surface area contributed by atoms with Gasteiger partial charge < -0.3 is 9.79 Å². The number of hydrogen-bond acceptors (Lipinski definition) is 4. The largest absolute Gasteiger partial charge is 0.487 e. The summed E-state index contributed by atoms with van der Waals surface area (Å²) < 4.78 is 14.2. The van der Waals surface area contributed by atoms with Gasteiger partial charge in [0.25, 0.3) is 0 Å². The molecule has 4 N–H and O–H groups in total. The Morgan fingerprint density at radius 1 is 1.38 bits per heavy atom. The minimum atomic E-state index is -4.40. The van der Waals surface area contributed by atoms with E-state index in [9.17, 15) is 4.57 Å². The van der Waals surface area contributed by atoms with Gasteiger partial charge in [-0.15, -0.1) is 5.59 Å². The van der Waals surface area contributed by atoms with Crippen LogP contribution in [-0.4, -0.2) is 16.3 Å². The topological polar surface area (TPSA) is 90.8 Å². The third-order valence-electron chi connectivity index (χ3n) is 2.10. The van der Waals surface area contributed by atoms with Crippen molar-refractivity contribution in [2.45, 2.75) is 25.7 Å². The zero-order valence-corrected chi connectivity index (χ0v) is 8.17. The molecule has 0 bridgehead atoms. The molecule has 6 nitrogen and oxygen atoms in total. The summed E-state index contributed by atoms with van der Waals surface area (Å²) in [5.74, 6) is 0.591. The lowest BCUT2D eigenvalue weighted by molar-refractivity contribution is 0.0903. The maximum atomic E-state index is 10.2. The molecule has 1 aliphatic rings. The molecule has 0 heterocycles. The smallest absolute Gasteiger partial charge is 0.302 e. The Kier molecular flexibility index (Phi) is 4.31. The molecule has 0 aliphatic heterocycles. The van der Waals surface area contributed by atoms with Crippen molar-refractivity contribution in [3.63, 3.8) is 0 Å². The molecule has 1 rings (SSSR count). The summed E-state index contributed by atoms with van der Waals surface area (Å²) in [5.41, 5.74) is 4.66. The highest BCUT2D eigenvalue weighted by Crippen LogP contribution is 2.33. The minimum absolute atomic E-state index is 0.591. The van der Waals surface area contributed by atoms with Gasteiger partial charge in [0.15, 0.2) is 0 Å². The van der Waals surface area contributed by atoms with Gasteiger partial charge in [-0.3, -0.25) is 0 Å². The molecule has 0 atom stereocenters. The standard InChI is InChI=1S/C6H15N2O4P/c9-13(10,11)12-8-7-5-6-3-1-2-4-6/h6-8H,1-5H2,(H2,9,10,11). The van der Waals surface area contributed by atoms with Crippen molar-refractivity contribution >= 4 is 7.82 Å². The summed E-state index contributed by atoms with van der Waals surface area (Å²) in [5, 5.41) is 0. The fourth-order valence-electron chi connectivity index (χ4n) is 1.49. The van der Waals surface area contributed by atoms with Crippen LogP contribution in [0.2, 0.25) is 0 Å². The molecule has 0 saturated heterocycles. The van der Waals surface area contributed by atoms with Crippen LogP contribution in [0.4, 0.5) is 0 Å². The highest BCUT2D eigenvalue weighted by molar-refractivity contribution is 7.46. The number of hydrazine groups is 1. The summed E-state index contributed by atoms with van der Waals surface area (Å²) in [7, 11) is -4.40. The molecule has 7 heteroatoms. The van der Waals surface area contributed by atoms with E-state index in [0.29, 0.717) is 12.5 Å². The van der Waals surface area contributed by atoms with E-state index >= 15 is 0 Å². The molecule has 78 valence electrons. The second-order valence-corrected chi connectivity index (χ2v) is 4.38. The lowest BCUT2D eigenvalue weighted by atomic mass is 10.1. The molecular weight excluding hydrogens is 195 g/mol. The molecule has 0 radical (unpaired) electrons. The van der Waals surface area contributed by atoms with Gasteiger partial charge in [-0.05, 0) is 18.8 Å². The van der Waals surface area contributed by atoms with E-state index in [1.807, 2.05) is 5.59 Å². The van der Waals surface area contributed by atoms with Crippen LogP contribution in [0.1, 0.15) is 25.7 Å². The average molecular weight is 210 g/mol. The normalized spacial score (nSPS) is 19.5. The Hall–Kier alpha value is 0.0300. The van der Waals surface area contributed by atoms with Crippen LogP contribution in [-0.2, 0) is 9.19 Å². The van der Waals surface area contributed by atoms with Gasteiger partial charge in [-0.1, -0.05) is 12.8 Å². The van der Waals surface area contributed by atoms with Crippen LogP contribution in [0.25, 0.3) is 0 Å². The monoisotopic (exact) mass is 210 g/mol. The van der Waals surface area contributed by atoms with E-state index in [-0.39, 0.29) is 0 Å². The molecular formula is C6H15N2O4P. The molecule has 0 spiro atoms. The Balaban J connectivity index is 1.97. The van der Waals surface area contributed by atoms with Crippen molar-refractivity contribution in [2.24, 2.45) is 5.92 Å². The zero-order valence-electron chi connectivity index (χ0n) is 7.27. The Bertz CT molecular complexity index is 189. The first-order valence-corrected chi connectivity index (χ1v) is 5.83. The van der Waals surface area contributed by atoms with Crippen molar-refractivity contribution in [1.82, 2.24) is 11.0 Å². The maximum Gasteiger partial charge on any atom is 0.487 e. The highest BCUT2D eigenvalue weighted by atomic mass is 31.2. The van der Waals surface area contributed by atoms with Crippen LogP contribution < -0.4 is 11.0 Å². The van der Waals surface area contributed by atoms with Gasteiger partial charge in [0, 0.05) is 6.54 Å². The predicted molar refractivity (Wildman–Crippen MR) is 46.2 cm³/mol. The third kappa shape index (κ3) is 5.36. The molecule has 0 unspecified atom stereocenters. The summed E-state index contributed by atoms with van der Waals surface area (Å²) in [6, 6.07) is 0. The summed E-state index contributed by atoms with van der Waals surface area (Å²) in [6.07, 6.45) is 4.83. The Morgan fingerprint density at radius 2 is 2.00 bits per heavy atom. The lowest BCUT2D eigenvalue weighted by Gasteiger charge is -2.11. The summed E-state index contributed by atoms with van der Waals surface area (Å²) in [6.45, 7) is 0.681. The first-order chi connectivity index (χ1) is 6.08. The summed E-state index contributed by atoms with van der Waals surface area (Å²) >= 11 is 0. The van der Waals surface area contributed by atoms with Crippen molar-refractivity contribution in [1.29, 1.82) is 0 Å². The molecule has 0 amide bonds. The predicted octanol–water partition coefficient (Wildman–Crippen LogP) is 0.295. The van der Waals surface area contributed by atoms with Crippen molar-refractivity contribution in [3.05, 3.63) is 0 Å². The molecule has 0 aromatic heterocycles. The third-order valence-corrected chi connectivity index (χ3v) is 2.43. The zero-order chi connectivity index (χ0) is 9.73. The van der Waals surface area contributed by atoms with Crippen molar-refractivity contribution < 1.29 is 19.0 Å².